The normalized spacial score (nSPS) is 26.3. The minimum atomic E-state index is -0.337. The molecule has 1 aromatic carbocycles. The highest BCUT2D eigenvalue weighted by Gasteiger charge is 2.32. The molecular formula is C15H18BrNO2. The Morgan fingerprint density at radius 2 is 2.11 bits per heavy atom. The molecule has 102 valence electrons. The van der Waals surface area contributed by atoms with Gasteiger partial charge in [0.15, 0.2) is 0 Å². The molecule has 3 nitrogen and oxygen atoms in total. The summed E-state index contributed by atoms with van der Waals surface area (Å²) in [7, 11) is 0. The summed E-state index contributed by atoms with van der Waals surface area (Å²) in [5, 5.41) is 9.68. The van der Waals surface area contributed by atoms with Gasteiger partial charge in [-0.05, 0) is 48.9 Å². The number of piperidine rings is 1. The largest absolute Gasteiger partial charge is 0.391 e. The second kappa shape index (κ2) is 5.25. The second-order valence-electron chi connectivity index (χ2n) is 5.60. The summed E-state index contributed by atoms with van der Waals surface area (Å²) >= 11 is 3.48. The molecule has 4 heteroatoms. The quantitative estimate of drug-likeness (QED) is 0.860. The highest BCUT2D eigenvalue weighted by atomic mass is 79.9. The van der Waals surface area contributed by atoms with E-state index in [9.17, 15) is 9.90 Å². The maximum Gasteiger partial charge on any atom is 0.226 e. The van der Waals surface area contributed by atoms with Gasteiger partial charge in [0, 0.05) is 23.5 Å². The maximum atomic E-state index is 12.5. The first-order chi connectivity index (χ1) is 9.13. The van der Waals surface area contributed by atoms with Crippen molar-refractivity contribution in [2.75, 3.05) is 13.1 Å². The molecular weight excluding hydrogens is 306 g/mol. The molecule has 2 unspecified atom stereocenters. The van der Waals surface area contributed by atoms with Crippen molar-refractivity contribution in [1.82, 2.24) is 4.90 Å². The van der Waals surface area contributed by atoms with Crippen LogP contribution in [0.2, 0.25) is 0 Å². The molecule has 1 fully saturated rings. The van der Waals surface area contributed by atoms with E-state index in [1.54, 1.807) is 0 Å². The van der Waals surface area contributed by atoms with Gasteiger partial charge in [0.1, 0.15) is 0 Å². The van der Waals surface area contributed by atoms with Gasteiger partial charge in [0.2, 0.25) is 5.91 Å². The van der Waals surface area contributed by atoms with Crippen LogP contribution in [-0.4, -0.2) is 35.1 Å². The third-order valence-corrected chi connectivity index (χ3v) is 4.65. The number of hydrogen-bond donors (Lipinski definition) is 1. The summed E-state index contributed by atoms with van der Waals surface area (Å²) in [6, 6.07) is 6.27. The fourth-order valence-electron chi connectivity index (χ4n) is 3.17. The van der Waals surface area contributed by atoms with Crippen LogP contribution in [0.25, 0.3) is 0 Å². The van der Waals surface area contributed by atoms with Crippen LogP contribution < -0.4 is 0 Å². The molecule has 1 aliphatic heterocycles. The zero-order chi connectivity index (χ0) is 13.4. The first kappa shape index (κ1) is 13.1. The zero-order valence-electron chi connectivity index (χ0n) is 10.8. The molecule has 3 rings (SSSR count). The smallest absolute Gasteiger partial charge is 0.226 e. The number of amides is 1. The van der Waals surface area contributed by atoms with Gasteiger partial charge in [-0.1, -0.05) is 22.0 Å². The predicted octanol–water partition coefficient (Wildman–Crippen LogP) is 2.15. The van der Waals surface area contributed by atoms with Crippen molar-refractivity contribution in [3.05, 3.63) is 33.8 Å². The van der Waals surface area contributed by atoms with Crippen LogP contribution in [0.3, 0.4) is 0 Å². The van der Waals surface area contributed by atoms with Gasteiger partial charge in [0.25, 0.3) is 0 Å². The molecule has 2 aliphatic rings. The van der Waals surface area contributed by atoms with E-state index < -0.39 is 0 Å². The van der Waals surface area contributed by atoms with Crippen LogP contribution >= 0.6 is 15.9 Å². The summed E-state index contributed by atoms with van der Waals surface area (Å²) in [6.45, 7) is 1.31. The topological polar surface area (TPSA) is 40.5 Å². The number of benzene rings is 1. The Labute approximate surface area is 121 Å². The van der Waals surface area contributed by atoms with Crippen LogP contribution in [0, 0.1) is 5.92 Å². The van der Waals surface area contributed by atoms with Gasteiger partial charge in [-0.2, -0.15) is 0 Å². The van der Waals surface area contributed by atoms with Crippen LogP contribution in [0.5, 0.6) is 0 Å². The van der Waals surface area contributed by atoms with E-state index >= 15 is 0 Å². The minimum Gasteiger partial charge on any atom is -0.391 e. The highest BCUT2D eigenvalue weighted by molar-refractivity contribution is 9.10. The molecule has 0 radical (unpaired) electrons. The number of aliphatic hydroxyl groups excluding tert-OH is 1. The minimum absolute atomic E-state index is 0.0644. The monoisotopic (exact) mass is 323 g/mol. The number of aliphatic hydroxyl groups is 1. The van der Waals surface area contributed by atoms with E-state index in [1.165, 1.54) is 11.1 Å². The number of rotatable bonds is 1. The second-order valence-corrected chi connectivity index (χ2v) is 6.51. The number of halogens is 1. The Kier molecular flexibility index (Phi) is 3.63. The average molecular weight is 324 g/mol. The fraction of sp³-hybridized carbons (Fsp3) is 0.533. The van der Waals surface area contributed by atoms with E-state index in [-0.39, 0.29) is 17.9 Å². The van der Waals surface area contributed by atoms with Crippen LogP contribution in [-0.2, 0) is 17.6 Å². The van der Waals surface area contributed by atoms with E-state index in [2.05, 4.69) is 28.1 Å². The fourth-order valence-corrected chi connectivity index (χ4v) is 3.58. The third kappa shape index (κ3) is 2.70. The van der Waals surface area contributed by atoms with Gasteiger partial charge in [-0.15, -0.1) is 0 Å². The Balaban J connectivity index is 1.70. The Bertz CT molecular complexity index is 503. The number of carbonyl (C=O) groups excluding carboxylic acids is 1. The maximum absolute atomic E-state index is 12.5. The number of nitrogens with zero attached hydrogens (tertiary/aromatic N) is 1. The predicted molar refractivity (Wildman–Crippen MR) is 76.9 cm³/mol. The van der Waals surface area contributed by atoms with Crippen molar-refractivity contribution in [1.29, 1.82) is 0 Å². The van der Waals surface area contributed by atoms with Crippen molar-refractivity contribution >= 4 is 21.8 Å². The first-order valence-electron chi connectivity index (χ1n) is 6.87. The Morgan fingerprint density at radius 3 is 2.89 bits per heavy atom. The van der Waals surface area contributed by atoms with Crippen molar-refractivity contribution in [2.24, 2.45) is 5.92 Å². The average Bonchev–Trinajstić information content (AvgIpc) is 2.80. The van der Waals surface area contributed by atoms with Crippen molar-refractivity contribution in [3.8, 4) is 0 Å². The molecule has 1 N–H and O–H groups in total. The number of carbonyl (C=O) groups is 1. The molecule has 0 bridgehead atoms. The summed E-state index contributed by atoms with van der Waals surface area (Å²) in [5.41, 5.74) is 2.57. The van der Waals surface area contributed by atoms with Gasteiger partial charge in [0.05, 0.1) is 6.10 Å². The molecule has 1 aliphatic carbocycles. The summed E-state index contributed by atoms with van der Waals surface area (Å²) in [6.07, 6.45) is 3.07. The van der Waals surface area contributed by atoms with Gasteiger partial charge in [-0.25, -0.2) is 0 Å². The molecule has 1 saturated heterocycles. The van der Waals surface area contributed by atoms with Gasteiger partial charge in [-0.3, -0.25) is 4.79 Å². The molecule has 1 amide bonds. The van der Waals surface area contributed by atoms with Crippen LogP contribution in [0.1, 0.15) is 24.0 Å². The number of fused-ring (bicyclic) bond motifs is 1. The van der Waals surface area contributed by atoms with E-state index in [1.807, 2.05) is 11.0 Å². The van der Waals surface area contributed by atoms with E-state index in [0.717, 1.165) is 36.7 Å². The summed E-state index contributed by atoms with van der Waals surface area (Å²) < 4.78 is 1.08. The Hall–Kier alpha value is -0.870. The molecule has 19 heavy (non-hydrogen) atoms. The van der Waals surface area contributed by atoms with Crippen LogP contribution in [0.4, 0.5) is 0 Å². The lowest BCUT2D eigenvalue weighted by atomic mass is 10.0. The first-order valence-corrected chi connectivity index (χ1v) is 7.67. The summed E-state index contributed by atoms with van der Waals surface area (Å²) in [5.74, 6) is 0.278. The number of hydrogen-bond acceptors (Lipinski definition) is 2. The zero-order valence-corrected chi connectivity index (χ0v) is 12.4. The lowest BCUT2D eigenvalue weighted by Gasteiger charge is -2.32. The molecule has 0 saturated carbocycles. The standard InChI is InChI=1S/C15H18BrNO2/c16-13-4-3-10-6-12(7-11(10)8-13)15(19)17-5-1-2-14(18)9-17/h3-4,8,12,14,18H,1-2,5-7,9H2. The van der Waals surface area contributed by atoms with E-state index in [0.29, 0.717) is 6.54 Å². The van der Waals surface area contributed by atoms with Crippen molar-refractivity contribution in [2.45, 2.75) is 31.8 Å². The van der Waals surface area contributed by atoms with E-state index in [4.69, 9.17) is 0 Å². The summed E-state index contributed by atoms with van der Waals surface area (Å²) in [4.78, 5) is 14.3. The molecule has 1 heterocycles. The molecule has 0 aromatic heterocycles. The Morgan fingerprint density at radius 1 is 1.32 bits per heavy atom. The molecule has 1 aromatic rings. The highest BCUT2D eigenvalue weighted by Crippen LogP contribution is 2.30. The molecule has 2 atom stereocenters. The molecule has 0 spiro atoms. The van der Waals surface area contributed by atoms with Crippen molar-refractivity contribution < 1.29 is 9.90 Å². The van der Waals surface area contributed by atoms with Gasteiger partial charge < -0.3 is 10.0 Å². The number of likely N-dealkylation sites (tertiary alicyclic amines) is 1. The lowest BCUT2D eigenvalue weighted by molar-refractivity contribution is -0.138. The lowest BCUT2D eigenvalue weighted by Crippen LogP contribution is -2.45. The number of β-amino-alcohol motifs (C(OH)–C–C–N with tert-alkyl or cyclic N) is 1. The third-order valence-electron chi connectivity index (χ3n) is 4.16. The van der Waals surface area contributed by atoms with Crippen molar-refractivity contribution in [3.63, 3.8) is 0 Å². The van der Waals surface area contributed by atoms with Crippen LogP contribution in [0.15, 0.2) is 22.7 Å². The SMILES string of the molecule is O=C(C1Cc2ccc(Br)cc2C1)N1CCCC(O)C1. The van der Waals surface area contributed by atoms with Gasteiger partial charge >= 0.3 is 0 Å².